The molecule has 0 amide bonds. The number of rotatable bonds is 2. The molecule has 0 bridgehead atoms. The topological polar surface area (TPSA) is 45.5 Å². The fourth-order valence-corrected chi connectivity index (χ4v) is 5.15. The molecule has 2 fully saturated rings. The van der Waals surface area contributed by atoms with Gasteiger partial charge in [0.2, 0.25) is 0 Å². The van der Waals surface area contributed by atoms with E-state index < -0.39 is 0 Å². The average Bonchev–Trinajstić information content (AvgIpc) is 2.94. The molecule has 122 valence electrons. The van der Waals surface area contributed by atoms with Crippen LogP contribution in [0.4, 0.5) is 0 Å². The third-order valence-corrected chi connectivity index (χ3v) is 6.39. The van der Waals surface area contributed by atoms with Crippen molar-refractivity contribution in [1.29, 1.82) is 0 Å². The van der Waals surface area contributed by atoms with Crippen LogP contribution < -0.4 is 5.32 Å². The van der Waals surface area contributed by atoms with Crippen molar-refractivity contribution in [3.63, 3.8) is 0 Å². The summed E-state index contributed by atoms with van der Waals surface area (Å²) in [7, 11) is 3.91. The van der Waals surface area contributed by atoms with Gasteiger partial charge in [-0.15, -0.1) is 0 Å². The number of hydrogen-bond donors (Lipinski definition) is 1. The molecule has 0 aromatic carbocycles. The first-order chi connectivity index (χ1) is 10.7. The van der Waals surface area contributed by atoms with Crippen LogP contribution in [0.5, 0.6) is 0 Å². The molecule has 6 heteroatoms. The maximum absolute atomic E-state index is 4.50. The van der Waals surface area contributed by atoms with E-state index in [-0.39, 0.29) is 0 Å². The predicted molar refractivity (Wildman–Crippen MR) is 93.3 cm³/mol. The summed E-state index contributed by atoms with van der Waals surface area (Å²) in [5.74, 6) is 3.27. The quantitative estimate of drug-likeness (QED) is 0.670. The van der Waals surface area contributed by atoms with Crippen LogP contribution >= 0.6 is 11.8 Å². The van der Waals surface area contributed by atoms with Gasteiger partial charge in [-0.25, -0.2) is 4.98 Å². The lowest BCUT2D eigenvalue weighted by Crippen LogP contribution is -2.53. The Morgan fingerprint density at radius 3 is 2.91 bits per heavy atom. The van der Waals surface area contributed by atoms with Gasteiger partial charge in [0, 0.05) is 50.1 Å². The number of hydrogen-bond acceptors (Lipinski definition) is 3. The van der Waals surface area contributed by atoms with Crippen LogP contribution in [0.25, 0.3) is 0 Å². The molecular weight excluding hydrogens is 294 g/mol. The Morgan fingerprint density at radius 1 is 1.41 bits per heavy atom. The van der Waals surface area contributed by atoms with Gasteiger partial charge in [0.15, 0.2) is 5.96 Å². The summed E-state index contributed by atoms with van der Waals surface area (Å²) in [6.07, 6.45) is 10.7. The first kappa shape index (κ1) is 15.7. The minimum absolute atomic E-state index is 0.470. The molecule has 1 aliphatic carbocycles. The zero-order chi connectivity index (χ0) is 15.4. The molecule has 1 saturated carbocycles. The number of aromatic nitrogens is 2. The first-order valence-electron chi connectivity index (χ1n) is 8.28. The second-order valence-corrected chi connectivity index (χ2v) is 7.93. The van der Waals surface area contributed by atoms with Crippen LogP contribution in [0.15, 0.2) is 17.4 Å². The van der Waals surface area contributed by atoms with Crippen molar-refractivity contribution >= 4 is 17.7 Å². The van der Waals surface area contributed by atoms with Gasteiger partial charge in [-0.2, -0.15) is 11.8 Å². The van der Waals surface area contributed by atoms with E-state index in [1.165, 1.54) is 37.9 Å². The van der Waals surface area contributed by atoms with Gasteiger partial charge in [-0.1, -0.05) is 19.3 Å². The highest BCUT2D eigenvalue weighted by atomic mass is 32.2. The molecule has 0 radical (unpaired) electrons. The maximum atomic E-state index is 4.50. The molecule has 1 aliphatic heterocycles. The Balaban J connectivity index is 1.62. The Bertz CT molecular complexity index is 513. The van der Waals surface area contributed by atoms with Crippen molar-refractivity contribution in [1.82, 2.24) is 19.8 Å². The highest BCUT2D eigenvalue weighted by Gasteiger charge is 2.38. The van der Waals surface area contributed by atoms with Crippen molar-refractivity contribution in [2.24, 2.45) is 12.0 Å². The summed E-state index contributed by atoms with van der Waals surface area (Å²) in [6.45, 7) is 2.96. The van der Waals surface area contributed by atoms with Crippen molar-refractivity contribution in [2.45, 2.75) is 43.4 Å². The second kappa shape index (κ2) is 6.94. The van der Waals surface area contributed by atoms with Gasteiger partial charge < -0.3 is 14.8 Å². The second-order valence-electron chi connectivity index (χ2n) is 6.37. The van der Waals surface area contributed by atoms with Crippen LogP contribution in [0, 0.1) is 0 Å². The van der Waals surface area contributed by atoms with Crippen molar-refractivity contribution < 1.29 is 0 Å². The molecule has 1 aromatic rings. The van der Waals surface area contributed by atoms with E-state index in [0.29, 0.717) is 4.75 Å². The average molecular weight is 321 g/mol. The minimum atomic E-state index is 0.470. The fourth-order valence-electron chi connectivity index (χ4n) is 3.58. The lowest BCUT2D eigenvalue weighted by molar-refractivity contribution is 0.293. The smallest absolute Gasteiger partial charge is 0.194 e. The van der Waals surface area contributed by atoms with E-state index in [1.54, 1.807) is 0 Å². The SMILES string of the molecule is CN=C(NCc1nccn1C)N1CCSC2(CCCCC2)C1. The summed E-state index contributed by atoms with van der Waals surface area (Å²) < 4.78 is 2.52. The molecule has 22 heavy (non-hydrogen) atoms. The summed E-state index contributed by atoms with van der Waals surface area (Å²) >= 11 is 2.20. The minimum Gasteiger partial charge on any atom is -0.349 e. The van der Waals surface area contributed by atoms with Crippen molar-refractivity contribution in [3.05, 3.63) is 18.2 Å². The highest BCUT2D eigenvalue weighted by Crippen LogP contribution is 2.42. The van der Waals surface area contributed by atoms with Crippen LogP contribution in [-0.4, -0.2) is 51.0 Å². The molecule has 5 nitrogen and oxygen atoms in total. The lowest BCUT2D eigenvalue weighted by atomic mass is 9.87. The predicted octanol–water partition coefficient (Wildman–Crippen LogP) is 2.25. The normalized spacial score (nSPS) is 22.1. The van der Waals surface area contributed by atoms with E-state index >= 15 is 0 Å². The molecular formula is C16H27N5S. The zero-order valence-corrected chi connectivity index (χ0v) is 14.5. The molecule has 0 unspecified atom stereocenters. The Labute approximate surface area is 137 Å². The van der Waals surface area contributed by atoms with Gasteiger partial charge in [0.05, 0.1) is 6.54 Å². The van der Waals surface area contributed by atoms with Gasteiger partial charge in [-0.05, 0) is 12.8 Å². The number of nitrogens with one attached hydrogen (secondary N) is 1. The molecule has 2 heterocycles. The fraction of sp³-hybridized carbons (Fsp3) is 0.750. The number of guanidine groups is 1. The van der Waals surface area contributed by atoms with Crippen molar-refractivity contribution in [3.8, 4) is 0 Å². The van der Waals surface area contributed by atoms with E-state index in [9.17, 15) is 0 Å². The van der Waals surface area contributed by atoms with Crippen LogP contribution in [0.3, 0.4) is 0 Å². The monoisotopic (exact) mass is 321 g/mol. The molecule has 1 saturated heterocycles. The molecule has 2 aliphatic rings. The maximum Gasteiger partial charge on any atom is 0.194 e. The largest absolute Gasteiger partial charge is 0.349 e. The third kappa shape index (κ3) is 3.42. The van der Waals surface area contributed by atoms with E-state index in [4.69, 9.17) is 0 Å². The van der Waals surface area contributed by atoms with E-state index in [0.717, 1.165) is 31.4 Å². The highest BCUT2D eigenvalue weighted by molar-refractivity contribution is 8.00. The number of aryl methyl sites for hydroxylation is 1. The van der Waals surface area contributed by atoms with Crippen molar-refractivity contribution in [2.75, 3.05) is 25.9 Å². The standard InChI is InChI=1S/C16H27N5S/c1-17-15(19-12-14-18-8-9-20(14)2)21-10-11-22-16(13-21)6-4-3-5-7-16/h8-9H,3-7,10-13H2,1-2H3,(H,17,19). The molecule has 1 spiro atoms. The lowest BCUT2D eigenvalue weighted by Gasteiger charge is -2.45. The zero-order valence-electron chi connectivity index (χ0n) is 13.7. The number of aliphatic imine (C=N–C) groups is 1. The number of thioether (sulfide) groups is 1. The molecule has 3 rings (SSSR count). The summed E-state index contributed by atoms with van der Waals surface area (Å²) in [4.78, 5) is 11.3. The van der Waals surface area contributed by atoms with Crippen LogP contribution in [-0.2, 0) is 13.6 Å². The number of nitrogens with zero attached hydrogens (tertiary/aromatic N) is 4. The Kier molecular flexibility index (Phi) is 4.96. The Hall–Kier alpha value is -1.17. The van der Waals surface area contributed by atoms with Gasteiger partial charge in [0.25, 0.3) is 0 Å². The summed E-state index contributed by atoms with van der Waals surface area (Å²) in [6, 6.07) is 0. The van der Waals surface area contributed by atoms with E-state index in [2.05, 4.69) is 36.5 Å². The van der Waals surface area contributed by atoms with Crippen LogP contribution in [0.2, 0.25) is 0 Å². The summed E-state index contributed by atoms with van der Waals surface area (Å²) in [5.41, 5.74) is 0. The molecule has 1 N–H and O–H groups in total. The number of imidazole rings is 1. The van der Waals surface area contributed by atoms with Gasteiger partial charge in [-0.3, -0.25) is 4.99 Å². The molecule has 0 atom stereocenters. The summed E-state index contributed by atoms with van der Waals surface area (Å²) in [5, 5.41) is 3.49. The van der Waals surface area contributed by atoms with E-state index in [1.807, 2.05) is 26.5 Å². The van der Waals surface area contributed by atoms with Gasteiger partial charge >= 0.3 is 0 Å². The Morgan fingerprint density at radius 2 is 2.23 bits per heavy atom. The first-order valence-corrected chi connectivity index (χ1v) is 9.27. The third-order valence-electron chi connectivity index (χ3n) is 4.85. The molecule has 1 aromatic heterocycles. The van der Waals surface area contributed by atoms with Gasteiger partial charge in [0.1, 0.15) is 5.82 Å². The van der Waals surface area contributed by atoms with Crippen LogP contribution in [0.1, 0.15) is 37.9 Å².